The fourth-order valence-corrected chi connectivity index (χ4v) is 2.08. The molecule has 0 aliphatic rings. The molecule has 1 amide bonds. The minimum absolute atomic E-state index is 0.0253. The molecule has 0 atom stereocenters. The van der Waals surface area contributed by atoms with Crippen molar-refractivity contribution in [3.8, 4) is 5.75 Å². The average Bonchev–Trinajstić information content (AvgIpc) is 2.43. The molecule has 21 heavy (non-hydrogen) atoms. The summed E-state index contributed by atoms with van der Waals surface area (Å²) in [6.07, 6.45) is 1.24. The number of nitrogens with one attached hydrogen (secondary N) is 2. The normalized spacial score (nSPS) is 10.7. The van der Waals surface area contributed by atoms with Gasteiger partial charge in [0.2, 0.25) is 5.91 Å². The maximum atomic E-state index is 12.3. The highest BCUT2D eigenvalue weighted by atomic mass is 79.9. The molecule has 118 valence electrons. The van der Waals surface area contributed by atoms with Gasteiger partial charge in [0.25, 0.3) is 0 Å². The summed E-state index contributed by atoms with van der Waals surface area (Å²) in [4.78, 5) is 11.4. The number of carbonyl (C=O) groups is 1. The van der Waals surface area contributed by atoms with Crippen LogP contribution in [0.2, 0.25) is 0 Å². The van der Waals surface area contributed by atoms with Crippen LogP contribution in [0.15, 0.2) is 22.7 Å². The number of benzene rings is 1. The lowest BCUT2D eigenvalue weighted by molar-refractivity contribution is -0.120. The highest BCUT2D eigenvalue weighted by molar-refractivity contribution is 9.10. The van der Waals surface area contributed by atoms with Crippen LogP contribution in [0.3, 0.4) is 0 Å². The number of hydrogen-bond donors (Lipinski definition) is 2. The van der Waals surface area contributed by atoms with E-state index >= 15 is 0 Å². The maximum Gasteiger partial charge on any atom is 0.387 e. The zero-order chi connectivity index (χ0) is 15.7. The van der Waals surface area contributed by atoms with Crippen molar-refractivity contribution in [2.75, 3.05) is 13.1 Å². The van der Waals surface area contributed by atoms with Gasteiger partial charge >= 0.3 is 6.61 Å². The summed E-state index contributed by atoms with van der Waals surface area (Å²) in [6.45, 7) is 0.607. The van der Waals surface area contributed by atoms with Gasteiger partial charge < -0.3 is 15.4 Å². The molecule has 0 heterocycles. The molecule has 0 saturated heterocycles. The average molecular weight is 365 g/mol. The maximum absolute atomic E-state index is 12.3. The van der Waals surface area contributed by atoms with Crippen molar-refractivity contribution < 1.29 is 18.3 Å². The van der Waals surface area contributed by atoms with Crippen LogP contribution < -0.4 is 15.4 Å². The molecule has 0 aliphatic carbocycles. The molecular formula is C14H19BrF2N2O2. The molecule has 0 unspecified atom stereocenters. The third kappa shape index (κ3) is 7.38. The topological polar surface area (TPSA) is 50.4 Å². The Morgan fingerprint density at radius 2 is 2.14 bits per heavy atom. The Hall–Kier alpha value is -1.21. The number of amides is 1. The van der Waals surface area contributed by atoms with E-state index in [1.165, 1.54) is 6.07 Å². The van der Waals surface area contributed by atoms with E-state index in [4.69, 9.17) is 0 Å². The summed E-state index contributed by atoms with van der Waals surface area (Å²) in [5.41, 5.74) is 0.610. The van der Waals surface area contributed by atoms with E-state index in [1.54, 1.807) is 12.1 Å². The minimum Gasteiger partial charge on any atom is -0.434 e. The molecule has 2 N–H and O–H groups in total. The fraction of sp³-hybridized carbons (Fsp3) is 0.500. The second-order valence-corrected chi connectivity index (χ2v) is 5.32. The summed E-state index contributed by atoms with van der Waals surface area (Å²) in [5.74, 6) is 0.110. The molecule has 4 nitrogen and oxygen atoms in total. The van der Waals surface area contributed by atoms with Gasteiger partial charge in [-0.05, 0) is 24.6 Å². The van der Waals surface area contributed by atoms with Crippen LogP contribution in [0.1, 0.15) is 25.3 Å². The third-order valence-electron chi connectivity index (χ3n) is 2.66. The summed E-state index contributed by atoms with van der Waals surface area (Å²) < 4.78 is 29.9. The molecule has 0 fully saturated rings. The fourth-order valence-electron chi connectivity index (χ4n) is 1.67. The summed E-state index contributed by atoms with van der Waals surface area (Å²) in [5, 5.41) is 5.81. The number of alkyl halides is 2. The molecular weight excluding hydrogens is 346 g/mol. The molecule has 1 rings (SSSR count). The van der Waals surface area contributed by atoms with Gasteiger partial charge in [-0.25, -0.2) is 0 Å². The van der Waals surface area contributed by atoms with Gasteiger partial charge in [-0.3, -0.25) is 4.79 Å². The van der Waals surface area contributed by atoms with E-state index in [0.717, 1.165) is 10.9 Å². The van der Waals surface area contributed by atoms with Gasteiger partial charge in [0.15, 0.2) is 0 Å². The predicted molar refractivity (Wildman–Crippen MR) is 80.4 cm³/mol. The van der Waals surface area contributed by atoms with Crippen molar-refractivity contribution in [3.05, 3.63) is 28.2 Å². The molecule has 0 saturated carbocycles. The van der Waals surface area contributed by atoms with Crippen LogP contribution >= 0.6 is 15.9 Å². The highest BCUT2D eigenvalue weighted by Crippen LogP contribution is 2.24. The van der Waals surface area contributed by atoms with Gasteiger partial charge in [-0.1, -0.05) is 22.9 Å². The number of carbonyl (C=O) groups excluding carboxylic acids is 1. The Morgan fingerprint density at radius 3 is 2.81 bits per heavy atom. The number of rotatable bonds is 9. The van der Waals surface area contributed by atoms with Crippen LogP contribution in [0, 0.1) is 0 Å². The van der Waals surface area contributed by atoms with E-state index in [9.17, 15) is 13.6 Å². The van der Waals surface area contributed by atoms with Crippen molar-refractivity contribution in [1.29, 1.82) is 0 Å². The van der Waals surface area contributed by atoms with Crippen molar-refractivity contribution in [1.82, 2.24) is 10.6 Å². The lowest BCUT2D eigenvalue weighted by Crippen LogP contribution is -2.28. The number of hydrogen-bond acceptors (Lipinski definition) is 3. The lowest BCUT2D eigenvalue weighted by atomic mass is 10.2. The first-order valence-electron chi connectivity index (χ1n) is 6.73. The van der Waals surface area contributed by atoms with E-state index in [1.807, 2.05) is 6.92 Å². The summed E-state index contributed by atoms with van der Waals surface area (Å²) >= 11 is 3.29. The van der Waals surface area contributed by atoms with E-state index < -0.39 is 6.61 Å². The molecule has 1 aromatic carbocycles. The highest BCUT2D eigenvalue weighted by Gasteiger charge is 2.10. The molecule has 0 bridgehead atoms. The largest absolute Gasteiger partial charge is 0.434 e. The third-order valence-corrected chi connectivity index (χ3v) is 3.15. The smallest absolute Gasteiger partial charge is 0.387 e. The predicted octanol–water partition coefficient (Wildman–Crippen LogP) is 3.06. The van der Waals surface area contributed by atoms with Gasteiger partial charge in [0.05, 0.1) is 0 Å². The second-order valence-electron chi connectivity index (χ2n) is 4.41. The Balaban J connectivity index is 2.43. The van der Waals surface area contributed by atoms with Crippen LogP contribution in [0.25, 0.3) is 0 Å². The molecule has 7 heteroatoms. The standard InChI is InChI=1S/C14H19BrF2N2O2/c1-2-6-19-13(20)5-7-18-9-10-8-11(15)3-4-12(10)21-14(16)17/h3-4,8,14,18H,2,5-7,9H2,1H3,(H,19,20). The Bertz CT molecular complexity index is 459. The number of halogens is 3. The number of ether oxygens (including phenoxy) is 1. The summed E-state index contributed by atoms with van der Waals surface area (Å²) in [7, 11) is 0. The Morgan fingerprint density at radius 1 is 1.38 bits per heavy atom. The monoisotopic (exact) mass is 364 g/mol. The van der Waals surface area contributed by atoms with E-state index in [-0.39, 0.29) is 11.7 Å². The molecule has 0 radical (unpaired) electrons. The van der Waals surface area contributed by atoms with Crippen LogP contribution in [0.5, 0.6) is 5.75 Å². The first-order valence-corrected chi connectivity index (χ1v) is 7.53. The lowest BCUT2D eigenvalue weighted by Gasteiger charge is -2.12. The molecule has 1 aromatic rings. The first kappa shape index (κ1) is 17.8. The van der Waals surface area contributed by atoms with E-state index in [2.05, 4.69) is 31.3 Å². The van der Waals surface area contributed by atoms with Crippen LogP contribution in [-0.4, -0.2) is 25.6 Å². The minimum atomic E-state index is -2.86. The van der Waals surface area contributed by atoms with Crippen molar-refractivity contribution in [2.45, 2.75) is 32.9 Å². The Kier molecular flexibility index (Phi) is 8.22. The zero-order valence-electron chi connectivity index (χ0n) is 11.8. The van der Waals surface area contributed by atoms with Gasteiger partial charge in [0.1, 0.15) is 5.75 Å². The van der Waals surface area contributed by atoms with Gasteiger partial charge in [-0.2, -0.15) is 8.78 Å². The van der Waals surface area contributed by atoms with Crippen LogP contribution in [0.4, 0.5) is 8.78 Å². The van der Waals surface area contributed by atoms with E-state index in [0.29, 0.717) is 31.6 Å². The van der Waals surface area contributed by atoms with Gasteiger partial charge in [-0.15, -0.1) is 0 Å². The SMILES string of the molecule is CCCNC(=O)CCNCc1cc(Br)ccc1OC(F)F. The van der Waals surface area contributed by atoms with Crippen molar-refractivity contribution in [3.63, 3.8) is 0 Å². The van der Waals surface area contributed by atoms with Crippen molar-refractivity contribution >= 4 is 21.8 Å². The second kappa shape index (κ2) is 9.68. The van der Waals surface area contributed by atoms with Crippen LogP contribution in [-0.2, 0) is 11.3 Å². The van der Waals surface area contributed by atoms with Crippen molar-refractivity contribution in [2.24, 2.45) is 0 Å². The first-order chi connectivity index (χ1) is 10.0. The molecule has 0 aliphatic heterocycles. The zero-order valence-corrected chi connectivity index (χ0v) is 13.4. The summed E-state index contributed by atoms with van der Waals surface area (Å²) in [6, 6.07) is 4.84. The molecule has 0 spiro atoms. The Labute approximate surface area is 131 Å². The quantitative estimate of drug-likeness (QED) is 0.662. The molecule has 0 aromatic heterocycles. The van der Waals surface area contributed by atoms with Gasteiger partial charge in [0, 0.05) is 36.1 Å².